The van der Waals surface area contributed by atoms with E-state index in [1.165, 1.54) is 15.6 Å². The number of nitrogens with zero attached hydrogens (tertiary/aromatic N) is 4. The zero-order valence-electron chi connectivity index (χ0n) is 15.9. The standard InChI is InChI=1S/C21H18ClN5O2/c1-13-3-9-16(10-4-13)27-19-17(24-12-26(2)21(19)29)18(25-27)20(28)23-11-14-5-7-15(22)8-6-14/h3-10,12H,11H2,1-2H3,(H,23,28). The van der Waals surface area contributed by atoms with Crippen molar-refractivity contribution < 1.29 is 4.79 Å². The van der Waals surface area contributed by atoms with Crippen LogP contribution in [0.3, 0.4) is 0 Å². The van der Waals surface area contributed by atoms with Crippen molar-refractivity contribution >= 4 is 28.5 Å². The third-order valence-electron chi connectivity index (χ3n) is 4.60. The van der Waals surface area contributed by atoms with Crippen molar-refractivity contribution in [1.29, 1.82) is 0 Å². The number of amides is 1. The molecule has 0 bridgehead atoms. The van der Waals surface area contributed by atoms with E-state index in [2.05, 4.69) is 15.4 Å². The number of rotatable bonds is 4. The third kappa shape index (κ3) is 3.64. The predicted octanol–water partition coefficient (Wildman–Crippen LogP) is 3.01. The Bertz CT molecular complexity index is 1260. The van der Waals surface area contributed by atoms with Gasteiger partial charge in [-0.25, -0.2) is 9.67 Å². The fourth-order valence-corrected chi connectivity index (χ4v) is 3.11. The number of aromatic nitrogens is 4. The summed E-state index contributed by atoms with van der Waals surface area (Å²) in [6.45, 7) is 2.28. The van der Waals surface area contributed by atoms with E-state index in [0.29, 0.717) is 17.3 Å². The summed E-state index contributed by atoms with van der Waals surface area (Å²) in [5, 5.41) is 7.88. The van der Waals surface area contributed by atoms with Crippen molar-refractivity contribution in [3.63, 3.8) is 0 Å². The van der Waals surface area contributed by atoms with E-state index in [1.807, 2.05) is 43.3 Å². The molecule has 2 aromatic heterocycles. The van der Waals surface area contributed by atoms with Crippen LogP contribution < -0.4 is 10.9 Å². The van der Waals surface area contributed by atoms with Gasteiger partial charge in [0, 0.05) is 18.6 Å². The number of hydrogen-bond donors (Lipinski definition) is 1. The van der Waals surface area contributed by atoms with Gasteiger partial charge in [-0.2, -0.15) is 5.10 Å². The molecule has 0 aliphatic heterocycles. The van der Waals surface area contributed by atoms with E-state index in [4.69, 9.17) is 11.6 Å². The molecule has 0 radical (unpaired) electrons. The first-order chi connectivity index (χ1) is 13.9. The summed E-state index contributed by atoms with van der Waals surface area (Å²) in [5.74, 6) is -0.406. The van der Waals surface area contributed by atoms with Gasteiger partial charge < -0.3 is 9.88 Å². The molecule has 8 heteroatoms. The Hall–Kier alpha value is -3.45. The van der Waals surface area contributed by atoms with Crippen LogP contribution in [0.25, 0.3) is 16.7 Å². The average molecular weight is 408 g/mol. The number of carbonyl (C=O) groups excluding carboxylic acids is 1. The van der Waals surface area contributed by atoms with Crippen molar-refractivity contribution in [1.82, 2.24) is 24.6 Å². The first-order valence-corrected chi connectivity index (χ1v) is 9.36. The number of carbonyl (C=O) groups is 1. The molecular weight excluding hydrogens is 390 g/mol. The summed E-state index contributed by atoms with van der Waals surface area (Å²) < 4.78 is 2.84. The smallest absolute Gasteiger partial charge is 0.279 e. The molecule has 2 heterocycles. The van der Waals surface area contributed by atoms with Crippen LogP contribution in [0, 0.1) is 6.92 Å². The Labute approximate surface area is 171 Å². The first-order valence-electron chi connectivity index (χ1n) is 8.98. The quantitative estimate of drug-likeness (QED) is 0.563. The van der Waals surface area contributed by atoms with Gasteiger partial charge in [-0.1, -0.05) is 41.4 Å². The Morgan fingerprint density at radius 3 is 2.48 bits per heavy atom. The Morgan fingerprint density at radius 1 is 1.10 bits per heavy atom. The summed E-state index contributed by atoms with van der Waals surface area (Å²) in [5.41, 5.74) is 3.01. The molecule has 0 saturated heterocycles. The van der Waals surface area contributed by atoms with Gasteiger partial charge in [-0.15, -0.1) is 0 Å². The fraction of sp³-hybridized carbons (Fsp3) is 0.143. The number of fused-ring (bicyclic) bond motifs is 1. The highest BCUT2D eigenvalue weighted by atomic mass is 35.5. The van der Waals surface area contributed by atoms with Gasteiger partial charge in [0.25, 0.3) is 11.5 Å². The van der Waals surface area contributed by atoms with Gasteiger partial charge in [0.1, 0.15) is 5.52 Å². The number of aryl methyl sites for hydroxylation is 2. The minimum absolute atomic E-state index is 0.104. The van der Waals surface area contributed by atoms with Crippen LogP contribution in [0.5, 0.6) is 0 Å². The molecular formula is C21H18ClN5O2. The van der Waals surface area contributed by atoms with E-state index >= 15 is 0 Å². The molecule has 1 amide bonds. The third-order valence-corrected chi connectivity index (χ3v) is 4.86. The Morgan fingerprint density at radius 2 is 1.79 bits per heavy atom. The maximum atomic E-state index is 12.8. The van der Waals surface area contributed by atoms with Crippen LogP contribution in [0.15, 0.2) is 59.7 Å². The van der Waals surface area contributed by atoms with Crippen molar-refractivity contribution in [3.8, 4) is 5.69 Å². The molecule has 0 fully saturated rings. The van der Waals surface area contributed by atoms with Gasteiger partial charge in [-0.3, -0.25) is 9.59 Å². The molecule has 4 rings (SSSR count). The SMILES string of the molecule is Cc1ccc(-n2nc(C(=O)NCc3ccc(Cl)cc3)c3ncn(C)c(=O)c32)cc1. The predicted molar refractivity (Wildman–Crippen MR) is 111 cm³/mol. The van der Waals surface area contributed by atoms with Gasteiger partial charge in [0.05, 0.1) is 12.0 Å². The summed E-state index contributed by atoms with van der Waals surface area (Å²) in [6.07, 6.45) is 1.39. The largest absolute Gasteiger partial charge is 0.346 e. The molecule has 7 nitrogen and oxygen atoms in total. The van der Waals surface area contributed by atoms with E-state index in [1.54, 1.807) is 19.2 Å². The molecule has 0 unspecified atom stereocenters. The fourth-order valence-electron chi connectivity index (χ4n) is 2.98. The Kier molecular flexibility index (Phi) is 4.90. The van der Waals surface area contributed by atoms with Crippen LogP contribution in [-0.2, 0) is 13.6 Å². The number of halogens is 1. The minimum Gasteiger partial charge on any atom is -0.346 e. The van der Waals surface area contributed by atoms with Gasteiger partial charge >= 0.3 is 0 Å². The summed E-state index contributed by atoms with van der Waals surface area (Å²) >= 11 is 5.89. The molecule has 29 heavy (non-hydrogen) atoms. The second-order valence-corrected chi connectivity index (χ2v) is 7.20. The molecule has 0 spiro atoms. The highest BCUT2D eigenvalue weighted by Gasteiger charge is 2.22. The lowest BCUT2D eigenvalue weighted by Gasteiger charge is -2.04. The second kappa shape index (κ2) is 7.52. The topological polar surface area (TPSA) is 81.8 Å². The maximum absolute atomic E-state index is 12.8. The minimum atomic E-state index is -0.406. The molecule has 1 N–H and O–H groups in total. The van der Waals surface area contributed by atoms with Gasteiger partial charge in [0.15, 0.2) is 11.2 Å². The van der Waals surface area contributed by atoms with Gasteiger partial charge in [0.2, 0.25) is 0 Å². The zero-order chi connectivity index (χ0) is 20.5. The lowest BCUT2D eigenvalue weighted by Crippen LogP contribution is -2.24. The van der Waals surface area contributed by atoms with Crippen LogP contribution in [-0.4, -0.2) is 25.2 Å². The van der Waals surface area contributed by atoms with Crippen LogP contribution >= 0.6 is 11.6 Å². The molecule has 2 aromatic carbocycles. The second-order valence-electron chi connectivity index (χ2n) is 6.76. The summed E-state index contributed by atoms with van der Waals surface area (Å²) in [4.78, 5) is 29.9. The number of hydrogen-bond acceptors (Lipinski definition) is 4. The molecule has 0 aliphatic rings. The van der Waals surface area contributed by atoms with Gasteiger partial charge in [-0.05, 0) is 36.8 Å². The lowest BCUT2D eigenvalue weighted by atomic mass is 10.2. The molecule has 146 valence electrons. The maximum Gasteiger partial charge on any atom is 0.279 e. The van der Waals surface area contributed by atoms with Crippen molar-refractivity contribution in [2.45, 2.75) is 13.5 Å². The highest BCUT2D eigenvalue weighted by Crippen LogP contribution is 2.18. The molecule has 0 aliphatic carbocycles. The summed E-state index contributed by atoms with van der Waals surface area (Å²) in [6, 6.07) is 14.7. The Balaban J connectivity index is 1.75. The van der Waals surface area contributed by atoms with E-state index in [9.17, 15) is 9.59 Å². The zero-order valence-corrected chi connectivity index (χ0v) is 16.6. The van der Waals surface area contributed by atoms with Crippen molar-refractivity contribution in [2.75, 3.05) is 0 Å². The monoisotopic (exact) mass is 407 g/mol. The van der Waals surface area contributed by atoms with E-state index in [-0.39, 0.29) is 22.3 Å². The van der Waals surface area contributed by atoms with Crippen LogP contribution in [0.4, 0.5) is 0 Å². The summed E-state index contributed by atoms with van der Waals surface area (Å²) in [7, 11) is 1.61. The first kappa shape index (κ1) is 18.9. The lowest BCUT2D eigenvalue weighted by molar-refractivity contribution is 0.0947. The van der Waals surface area contributed by atoms with Crippen LogP contribution in [0.2, 0.25) is 5.02 Å². The average Bonchev–Trinajstić information content (AvgIpc) is 3.11. The van der Waals surface area contributed by atoms with Crippen LogP contribution in [0.1, 0.15) is 21.6 Å². The van der Waals surface area contributed by atoms with Crippen molar-refractivity contribution in [3.05, 3.63) is 87.1 Å². The molecule has 4 aromatic rings. The van der Waals surface area contributed by atoms with E-state index in [0.717, 1.165) is 11.1 Å². The highest BCUT2D eigenvalue weighted by molar-refractivity contribution is 6.30. The molecule has 0 atom stereocenters. The number of benzene rings is 2. The van der Waals surface area contributed by atoms with E-state index < -0.39 is 5.91 Å². The van der Waals surface area contributed by atoms with Crippen molar-refractivity contribution in [2.24, 2.45) is 7.05 Å². The normalized spacial score (nSPS) is 11.0. The molecule has 0 saturated carbocycles. The number of nitrogens with one attached hydrogen (secondary N) is 1.